The molecule has 2 aromatic rings. The smallest absolute Gasteiger partial charge is 0.347 e. The van der Waals surface area contributed by atoms with Crippen LogP contribution in [0.5, 0.6) is 5.75 Å². The number of ether oxygens (including phenoxy) is 2. The summed E-state index contributed by atoms with van der Waals surface area (Å²) < 4.78 is 10.6. The van der Waals surface area contributed by atoms with Gasteiger partial charge < -0.3 is 20.1 Å². The molecule has 0 radical (unpaired) electrons. The number of benzene rings is 2. The second kappa shape index (κ2) is 10.8. The van der Waals surface area contributed by atoms with Crippen molar-refractivity contribution in [2.24, 2.45) is 0 Å². The molecule has 0 unspecified atom stereocenters. The second-order valence-electron chi connectivity index (χ2n) is 6.51. The lowest BCUT2D eigenvalue weighted by molar-refractivity contribution is -0.155. The second-order valence-corrected chi connectivity index (χ2v) is 6.51. The van der Waals surface area contributed by atoms with E-state index in [2.05, 4.69) is 10.6 Å². The van der Waals surface area contributed by atoms with Crippen LogP contribution < -0.4 is 15.4 Å². The van der Waals surface area contributed by atoms with E-state index < -0.39 is 24.6 Å². The summed E-state index contributed by atoms with van der Waals surface area (Å²) in [6.07, 6.45) is -0.411. The Balaban J connectivity index is 1.74. The standard InChI is InChI=1S/C22H26N2O5/c1-4-19(29-17-10-6-5-7-11-17)22(27)28-14-21(26)23-13-20(25)24-18-12-8-9-15(2)16(18)3/h5-12,19H,4,13-14H2,1-3H3,(H,23,26)(H,24,25)/t19-/m1/s1. The molecule has 29 heavy (non-hydrogen) atoms. The molecule has 154 valence electrons. The van der Waals surface area contributed by atoms with Gasteiger partial charge >= 0.3 is 5.97 Å². The predicted octanol–water partition coefficient (Wildman–Crippen LogP) is 2.76. The number of esters is 1. The number of para-hydroxylation sites is 1. The Morgan fingerprint density at radius 1 is 0.966 bits per heavy atom. The molecule has 0 bridgehead atoms. The fourth-order valence-corrected chi connectivity index (χ4v) is 2.50. The van der Waals surface area contributed by atoms with Gasteiger partial charge in [0.1, 0.15) is 5.75 Å². The van der Waals surface area contributed by atoms with Crippen molar-refractivity contribution in [3.8, 4) is 5.75 Å². The van der Waals surface area contributed by atoms with Crippen molar-refractivity contribution in [2.45, 2.75) is 33.3 Å². The van der Waals surface area contributed by atoms with Crippen molar-refractivity contribution in [3.05, 3.63) is 59.7 Å². The average molecular weight is 398 g/mol. The lowest BCUT2D eigenvalue weighted by Gasteiger charge is -2.16. The van der Waals surface area contributed by atoms with Gasteiger partial charge in [0, 0.05) is 5.69 Å². The van der Waals surface area contributed by atoms with Crippen molar-refractivity contribution in [1.82, 2.24) is 5.32 Å². The minimum absolute atomic E-state index is 0.221. The number of anilines is 1. The van der Waals surface area contributed by atoms with E-state index in [4.69, 9.17) is 9.47 Å². The minimum Gasteiger partial charge on any atom is -0.479 e. The van der Waals surface area contributed by atoms with Crippen LogP contribution in [-0.2, 0) is 19.1 Å². The first-order chi connectivity index (χ1) is 13.9. The Morgan fingerprint density at radius 2 is 1.69 bits per heavy atom. The lowest BCUT2D eigenvalue weighted by Crippen LogP contribution is -2.37. The Bertz CT molecular complexity index is 852. The summed E-state index contributed by atoms with van der Waals surface area (Å²) >= 11 is 0. The van der Waals surface area contributed by atoms with Crippen LogP contribution in [0.2, 0.25) is 0 Å². The molecule has 1 atom stereocenters. The summed E-state index contributed by atoms with van der Waals surface area (Å²) in [5, 5.41) is 5.17. The summed E-state index contributed by atoms with van der Waals surface area (Å²) in [6.45, 7) is 4.94. The van der Waals surface area contributed by atoms with Crippen LogP contribution in [0, 0.1) is 13.8 Å². The molecule has 0 saturated heterocycles. The summed E-state index contributed by atoms with van der Waals surface area (Å²) in [4.78, 5) is 36.0. The highest BCUT2D eigenvalue weighted by atomic mass is 16.6. The van der Waals surface area contributed by atoms with E-state index in [-0.39, 0.29) is 12.5 Å². The van der Waals surface area contributed by atoms with E-state index in [0.29, 0.717) is 17.9 Å². The molecule has 0 fully saturated rings. The number of nitrogens with one attached hydrogen (secondary N) is 2. The maximum absolute atomic E-state index is 12.1. The number of aryl methyl sites for hydroxylation is 1. The molecule has 7 nitrogen and oxygen atoms in total. The Morgan fingerprint density at radius 3 is 2.38 bits per heavy atom. The van der Waals surface area contributed by atoms with Crippen molar-refractivity contribution in [1.29, 1.82) is 0 Å². The highest BCUT2D eigenvalue weighted by Crippen LogP contribution is 2.17. The molecule has 2 rings (SSSR count). The summed E-state index contributed by atoms with van der Waals surface area (Å²) in [6, 6.07) is 14.5. The zero-order valence-electron chi connectivity index (χ0n) is 16.9. The molecule has 0 saturated carbocycles. The van der Waals surface area contributed by atoms with Crippen LogP contribution in [0.4, 0.5) is 5.69 Å². The Labute approximate surface area is 170 Å². The van der Waals surface area contributed by atoms with Crippen LogP contribution in [0.15, 0.2) is 48.5 Å². The van der Waals surface area contributed by atoms with Crippen LogP contribution in [-0.4, -0.2) is 37.0 Å². The number of hydrogen-bond acceptors (Lipinski definition) is 5. The number of amides is 2. The fourth-order valence-electron chi connectivity index (χ4n) is 2.50. The predicted molar refractivity (Wildman–Crippen MR) is 110 cm³/mol. The first-order valence-corrected chi connectivity index (χ1v) is 9.41. The Hall–Kier alpha value is -3.35. The molecule has 0 aliphatic carbocycles. The molecule has 0 aliphatic rings. The third-order valence-electron chi connectivity index (χ3n) is 4.33. The lowest BCUT2D eigenvalue weighted by atomic mass is 10.1. The van der Waals surface area contributed by atoms with E-state index in [9.17, 15) is 14.4 Å². The maximum Gasteiger partial charge on any atom is 0.347 e. The molecule has 0 spiro atoms. The van der Waals surface area contributed by atoms with Gasteiger partial charge in [-0.3, -0.25) is 9.59 Å². The molecule has 0 aromatic heterocycles. The molecule has 0 heterocycles. The highest BCUT2D eigenvalue weighted by Gasteiger charge is 2.21. The van der Waals surface area contributed by atoms with Gasteiger partial charge in [-0.25, -0.2) is 4.79 Å². The van der Waals surface area contributed by atoms with Gasteiger partial charge in [0.15, 0.2) is 12.7 Å². The van der Waals surface area contributed by atoms with Gasteiger partial charge in [0.05, 0.1) is 6.54 Å². The Kier molecular flexibility index (Phi) is 8.21. The number of carbonyl (C=O) groups is 3. The minimum atomic E-state index is -0.808. The third kappa shape index (κ3) is 6.95. The summed E-state index contributed by atoms with van der Waals surface area (Å²) in [5.41, 5.74) is 2.71. The zero-order chi connectivity index (χ0) is 21.2. The quantitative estimate of drug-likeness (QED) is 0.634. The normalized spacial score (nSPS) is 11.3. The molecule has 7 heteroatoms. The molecule has 2 amide bonds. The molecular weight excluding hydrogens is 372 g/mol. The third-order valence-corrected chi connectivity index (χ3v) is 4.33. The van der Waals surface area contributed by atoms with Gasteiger partial charge in [-0.05, 0) is 49.6 Å². The molecule has 2 N–H and O–H groups in total. The molecular formula is C22H26N2O5. The molecule has 0 aliphatic heterocycles. The SMILES string of the molecule is CC[C@@H](Oc1ccccc1)C(=O)OCC(=O)NCC(=O)Nc1cccc(C)c1C. The largest absolute Gasteiger partial charge is 0.479 e. The van der Waals surface area contributed by atoms with Crippen LogP contribution in [0.3, 0.4) is 0 Å². The first kappa shape index (κ1) is 21.9. The van der Waals surface area contributed by atoms with Crippen LogP contribution >= 0.6 is 0 Å². The highest BCUT2D eigenvalue weighted by molar-refractivity contribution is 5.95. The molecule has 2 aromatic carbocycles. The fraction of sp³-hybridized carbons (Fsp3) is 0.318. The number of hydrogen-bond donors (Lipinski definition) is 2. The van der Waals surface area contributed by atoms with E-state index in [0.717, 1.165) is 11.1 Å². The van der Waals surface area contributed by atoms with E-state index in [1.54, 1.807) is 37.3 Å². The van der Waals surface area contributed by atoms with Crippen LogP contribution in [0.25, 0.3) is 0 Å². The van der Waals surface area contributed by atoms with E-state index in [1.807, 2.05) is 32.0 Å². The topological polar surface area (TPSA) is 93.7 Å². The summed E-state index contributed by atoms with van der Waals surface area (Å²) in [5.74, 6) is -1.02. The monoisotopic (exact) mass is 398 g/mol. The number of rotatable bonds is 9. The number of carbonyl (C=O) groups excluding carboxylic acids is 3. The van der Waals surface area contributed by atoms with Gasteiger partial charge in [-0.1, -0.05) is 37.3 Å². The van der Waals surface area contributed by atoms with E-state index in [1.165, 1.54) is 0 Å². The van der Waals surface area contributed by atoms with Gasteiger partial charge in [0.25, 0.3) is 5.91 Å². The van der Waals surface area contributed by atoms with Crippen molar-refractivity contribution in [3.63, 3.8) is 0 Å². The van der Waals surface area contributed by atoms with Crippen molar-refractivity contribution < 1.29 is 23.9 Å². The van der Waals surface area contributed by atoms with Gasteiger partial charge in [0.2, 0.25) is 5.91 Å². The average Bonchev–Trinajstić information content (AvgIpc) is 2.72. The van der Waals surface area contributed by atoms with Gasteiger partial charge in [-0.15, -0.1) is 0 Å². The van der Waals surface area contributed by atoms with Crippen LogP contribution in [0.1, 0.15) is 24.5 Å². The summed E-state index contributed by atoms with van der Waals surface area (Å²) in [7, 11) is 0. The van der Waals surface area contributed by atoms with Crippen molar-refractivity contribution >= 4 is 23.5 Å². The first-order valence-electron chi connectivity index (χ1n) is 9.41. The maximum atomic E-state index is 12.1. The van der Waals surface area contributed by atoms with Crippen molar-refractivity contribution in [2.75, 3.05) is 18.5 Å². The van der Waals surface area contributed by atoms with Gasteiger partial charge in [-0.2, -0.15) is 0 Å². The zero-order valence-corrected chi connectivity index (χ0v) is 16.9. The van der Waals surface area contributed by atoms with E-state index >= 15 is 0 Å².